The SMILES string of the molecule is CCOC(=O)c1cnc2cc(N3CCOCC3)nc(O[C@H]3CC[C@@H](Nc4ncc(OCC(C)=O)cn4)CC3)c2c1. The van der Waals surface area contributed by atoms with Gasteiger partial charge in [-0.2, -0.15) is 4.98 Å². The monoisotopic (exact) mass is 550 g/mol. The van der Waals surface area contributed by atoms with E-state index in [-0.39, 0.29) is 31.1 Å². The fourth-order valence-electron chi connectivity index (χ4n) is 4.77. The van der Waals surface area contributed by atoms with Gasteiger partial charge in [-0.3, -0.25) is 9.78 Å². The molecule has 40 heavy (non-hydrogen) atoms. The lowest BCUT2D eigenvalue weighted by Crippen LogP contribution is -2.37. The van der Waals surface area contributed by atoms with Crippen LogP contribution in [0.3, 0.4) is 0 Å². The van der Waals surface area contributed by atoms with Gasteiger partial charge in [0.05, 0.1) is 48.7 Å². The third-order valence-electron chi connectivity index (χ3n) is 6.83. The van der Waals surface area contributed by atoms with Gasteiger partial charge in [0.15, 0.2) is 11.5 Å². The third-order valence-corrected chi connectivity index (χ3v) is 6.83. The summed E-state index contributed by atoms with van der Waals surface area (Å²) in [6.45, 7) is 6.28. The Hall–Kier alpha value is -4.06. The van der Waals surface area contributed by atoms with Crippen molar-refractivity contribution in [2.75, 3.05) is 49.7 Å². The highest BCUT2D eigenvalue weighted by Gasteiger charge is 2.25. The molecule has 1 aliphatic heterocycles. The van der Waals surface area contributed by atoms with Gasteiger partial charge >= 0.3 is 5.97 Å². The topological polar surface area (TPSA) is 138 Å². The average Bonchev–Trinajstić information content (AvgIpc) is 2.98. The van der Waals surface area contributed by atoms with Crippen LogP contribution >= 0.6 is 0 Å². The maximum Gasteiger partial charge on any atom is 0.339 e. The predicted molar refractivity (Wildman–Crippen MR) is 147 cm³/mol. The number of anilines is 2. The molecular formula is C28H34N6O6. The average molecular weight is 551 g/mol. The molecule has 1 saturated heterocycles. The number of ether oxygens (including phenoxy) is 4. The van der Waals surface area contributed by atoms with Crippen molar-refractivity contribution in [3.05, 3.63) is 36.3 Å². The van der Waals surface area contributed by atoms with Crippen molar-refractivity contribution < 1.29 is 28.5 Å². The molecule has 0 unspecified atom stereocenters. The number of hydrogen-bond donors (Lipinski definition) is 1. The Bertz CT molecular complexity index is 1320. The fraction of sp³-hybridized carbons (Fsp3) is 0.500. The first-order chi connectivity index (χ1) is 19.5. The lowest BCUT2D eigenvalue weighted by molar-refractivity contribution is -0.118. The molecular weight excluding hydrogens is 516 g/mol. The summed E-state index contributed by atoms with van der Waals surface area (Å²) in [5, 5.41) is 4.06. The van der Waals surface area contributed by atoms with Gasteiger partial charge < -0.3 is 29.2 Å². The number of esters is 1. The van der Waals surface area contributed by atoms with E-state index in [1.165, 1.54) is 13.1 Å². The van der Waals surface area contributed by atoms with Crippen LogP contribution in [0.25, 0.3) is 10.9 Å². The van der Waals surface area contributed by atoms with Crippen molar-refractivity contribution in [1.29, 1.82) is 0 Å². The Morgan fingerprint density at radius 3 is 2.50 bits per heavy atom. The Kier molecular flexibility index (Phi) is 8.84. The van der Waals surface area contributed by atoms with Gasteiger partial charge in [-0.25, -0.2) is 14.8 Å². The first-order valence-electron chi connectivity index (χ1n) is 13.7. The molecule has 1 saturated carbocycles. The van der Waals surface area contributed by atoms with Crippen LogP contribution in [-0.4, -0.2) is 83.4 Å². The minimum Gasteiger partial charge on any atom is -0.483 e. The third kappa shape index (κ3) is 6.92. The Labute approximate surface area is 232 Å². The molecule has 3 aromatic heterocycles. The molecule has 2 fully saturated rings. The normalized spacial score (nSPS) is 19.2. The number of fused-ring (bicyclic) bond motifs is 1. The summed E-state index contributed by atoms with van der Waals surface area (Å²) in [6, 6.07) is 3.88. The van der Waals surface area contributed by atoms with Crippen molar-refractivity contribution >= 4 is 34.4 Å². The highest BCUT2D eigenvalue weighted by atomic mass is 16.5. The number of carbonyl (C=O) groups is 2. The van der Waals surface area contributed by atoms with Gasteiger partial charge in [0.2, 0.25) is 11.8 Å². The van der Waals surface area contributed by atoms with Crippen molar-refractivity contribution in [2.24, 2.45) is 0 Å². The number of ketones is 1. The largest absolute Gasteiger partial charge is 0.483 e. The number of aromatic nitrogens is 4. The number of nitrogens with one attached hydrogen (secondary N) is 1. The molecule has 4 heterocycles. The van der Waals surface area contributed by atoms with E-state index >= 15 is 0 Å². The van der Waals surface area contributed by atoms with E-state index in [1.807, 2.05) is 6.07 Å². The molecule has 12 nitrogen and oxygen atoms in total. The van der Waals surface area contributed by atoms with Gasteiger partial charge in [0, 0.05) is 31.4 Å². The summed E-state index contributed by atoms with van der Waals surface area (Å²) in [7, 11) is 0. The molecule has 212 valence electrons. The number of Topliss-reactive ketones (excluding diaryl/α,β-unsaturated/α-hetero) is 1. The molecule has 1 aliphatic carbocycles. The predicted octanol–water partition coefficient (Wildman–Crippen LogP) is 3.20. The molecule has 0 aromatic carbocycles. The van der Waals surface area contributed by atoms with Crippen molar-refractivity contribution in [3.63, 3.8) is 0 Å². The first-order valence-corrected chi connectivity index (χ1v) is 13.7. The number of hydrogen-bond acceptors (Lipinski definition) is 12. The van der Waals surface area contributed by atoms with Crippen LogP contribution in [0.15, 0.2) is 30.7 Å². The summed E-state index contributed by atoms with van der Waals surface area (Å²) in [5.41, 5.74) is 1.08. The standard InChI is InChI=1S/C28H34N6O6/c1-3-38-27(36)19-12-23-24(29-14-19)13-25(34-8-10-37-11-9-34)33-26(23)40-21-6-4-20(5-7-21)32-28-30-15-22(16-31-28)39-17-18(2)35/h12-16,20-21H,3-11,17H2,1-2H3,(H,30,31,32)/t20-,21+. The molecule has 0 amide bonds. The molecule has 0 atom stereocenters. The lowest BCUT2D eigenvalue weighted by atomic mass is 9.93. The second-order valence-electron chi connectivity index (χ2n) is 9.87. The molecule has 0 spiro atoms. The Balaban J connectivity index is 1.27. The van der Waals surface area contributed by atoms with E-state index in [4.69, 9.17) is 23.9 Å². The maximum absolute atomic E-state index is 12.4. The lowest BCUT2D eigenvalue weighted by Gasteiger charge is -2.31. The maximum atomic E-state index is 12.4. The van der Waals surface area contributed by atoms with Gasteiger partial charge in [-0.05, 0) is 45.6 Å². The van der Waals surface area contributed by atoms with E-state index in [0.717, 1.165) is 44.6 Å². The second kappa shape index (κ2) is 12.9. The van der Waals surface area contributed by atoms with E-state index in [0.29, 0.717) is 47.3 Å². The summed E-state index contributed by atoms with van der Waals surface area (Å²) >= 11 is 0. The van der Waals surface area contributed by atoms with Crippen molar-refractivity contribution in [2.45, 2.75) is 51.7 Å². The quantitative estimate of drug-likeness (QED) is 0.371. The summed E-state index contributed by atoms with van der Waals surface area (Å²) in [5.74, 6) is 1.74. The zero-order valence-electron chi connectivity index (χ0n) is 22.8. The number of rotatable bonds is 10. The van der Waals surface area contributed by atoms with E-state index in [1.54, 1.807) is 25.4 Å². The number of morpholine rings is 1. The summed E-state index contributed by atoms with van der Waals surface area (Å²) in [4.78, 5) is 43.7. The van der Waals surface area contributed by atoms with Gasteiger partial charge in [0.25, 0.3) is 0 Å². The van der Waals surface area contributed by atoms with Crippen molar-refractivity contribution in [1.82, 2.24) is 19.9 Å². The van der Waals surface area contributed by atoms with Crippen LogP contribution in [0.1, 0.15) is 49.9 Å². The minimum atomic E-state index is -0.424. The van der Waals surface area contributed by atoms with Gasteiger partial charge in [-0.1, -0.05) is 0 Å². The zero-order chi connectivity index (χ0) is 27.9. The molecule has 0 bridgehead atoms. The number of nitrogens with zero attached hydrogens (tertiary/aromatic N) is 5. The highest BCUT2D eigenvalue weighted by Crippen LogP contribution is 2.32. The fourth-order valence-corrected chi connectivity index (χ4v) is 4.77. The first kappa shape index (κ1) is 27.5. The van der Waals surface area contributed by atoms with Crippen molar-refractivity contribution in [3.8, 4) is 11.6 Å². The van der Waals surface area contributed by atoms with E-state index in [2.05, 4.69) is 25.2 Å². The van der Waals surface area contributed by atoms with Crippen LogP contribution < -0.4 is 19.7 Å². The van der Waals surface area contributed by atoms with E-state index in [9.17, 15) is 9.59 Å². The minimum absolute atomic E-state index is 0.000152. The summed E-state index contributed by atoms with van der Waals surface area (Å²) < 4.78 is 22.5. The number of pyridine rings is 2. The molecule has 12 heteroatoms. The van der Waals surface area contributed by atoms with Gasteiger partial charge in [0.1, 0.15) is 18.5 Å². The molecule has 2 aliphatic rings. The van der Waals surface area contributed by atoms with Gasteiger partial charge in [-0.15, -0.1) is 0 Å². The molecule has 5 rings (SSSR count). The second-order valence-corrected chi connectivity index (χ2v) is 9.87. The summed E-state index contributed by atoms with van der Waals surface area (Å²) in [6.07, 6.45) is 7.97. The van der Waals surface area contributed by atoms with Crippen LogP contribution in [0.2, 0.25) is 0 Å². The Morgan fingerprint density at radius 1 is 1.05 bits per heavy atom. The smallest absolute Gasteiger partial charge is 0.339 e. The van der Waals surface area contributed by atoms with Crippen LogP contribution in [0, 0.1) is 0 Å². The number of carbonyl (C=O) groups excluding carboxylic acids is 2. The zero-order valence-corrected chi connectivity index (χ0v) is 22.8. The van der Waals surface area contributed by atoms with Crippen LogP contribution in [-0.2, 0) is 14.3 Å². The van der Waals surface area contributed by atoms with Crippen LogP contribution in [0.5, 0.6) is 11.6 Å². The van der Waals surface area contributed by atoms with Crippen LogP contribution in [0.4, 0.5) is 11.8 Å². The molecule has 0 radical (unpaired) electrons. The highest BCUT2D eigenvalue weighted by molar-refractivity contribution is 5.95. The Morgan fingerprint density at radius 2 is 1.80 bits per heavy atom. The van der Waals surface area contributed by atoms with E-state index < -0.39 is 5.97 Å². The molecule has 1 N–H and O–H groups in total. The molecule has 3 aromatic rings.